The van der Waals surface area contributed by atoms with Gasteiger partial charge in [-0.25, -0.2) is 0 Å². The molecule has 1 atom stereocenters. The summed E-state index contributed by atoms with van der Waals surface area (Å²) < 4.78 is 40.2. The molecule has 94 valence electrons. The van der Waals surface area contributed by atoms with Gasteiger partial charge in [-0.15, -0.1) is 13.2 Å². The third-order valence-corrected chi connectivity index (χ3v) is 2.20. The molecule has 0 heterocycles. The quantitative estimate of drug-likeness (QED) is 0.830. The molecule has 0 bridgehead atoms. The van der Waals surface area contributed by atoms with Crippen molar-refractivity contribution in [1.29, 1.82) is 0 Å². The lowest BCUT2D eigenvalue weighted by atomic mass is 10.0. The average molecular weight is 247 g/mol. The Bertz CT molecular complexity index is 404. The first-order chi connectivity index (χ1) is 7.85. The van der Waals surface area contributed by atoms with Crippen molar-refractivity contribution in [2.75, 3.05) is 7.05 Å². The number of rotatable bonds is 4. The van der Waals surface area contributed by atoms with Crippen molar-refractivity contribution in [3.05, 3.63) is 29.8 Å². The molecule has 1 aromatic rings. The van der Waals surface area contributed by atoms with Crippen molar-refractivity contribution in [1.82, 2.24) is 5.32 Å². The molecule has 1 rings (SSSR count). The number of halogens is 3. The molecule has 0 spiro atoms. The van der Waals surface area contributed by atoms with Gasteiger partial charge in [0.05, 0.1) is 11.6 Å². The molecule has 1 N–H and O–H groups in total. The molecule has 6 heteroatoms. The molecular weight excluding hydrogens is 235 g/mol. The van der Waals surface area contributed by atoms with Gasteiger partial charge in [-0.05, 0) is 26.1 Å². The van der Waals surface area contributed by atoms with Crippen molar-refractivity contribution in [3.63, 3.8) is 0 Å². The van der Waals surface area contributed by atoms with E-state index in [-0.39, 0.29) is 5.56 Å². The minimum absolute atomic E-state index is 0.0910. The second-order valence-corrected chi connectivity index (χ2v) is 3.42. The van der Waals surface area contributed by atoms with Crippen molar-refractivity contribution in [2.45, 2.75) is 19.3 Å². The topological polar surface area (TPSA) is 38.3 Å². The normalized spacial score (nSPS) is 13.2. The Kier molecular flexibility index (Phi) is 4.11. The highest BCUT2D eigenvalue weighted by Gasteiger charge is 2.33. The predicted octanol–water partition coefficient (Wildman–Crippen LogP) is 2.38. The number of hydrogen-bond donors (Lipinski definition) is 1. The first-order valence-electron chi connectivity index (χ1n) is 4.91. The van der Waals surface area contributed by atoms with Gasteiger partial charge in [-0.2, -0.15) is 0 Å². The van der Waals surface area contributed by atoms with E-state index in [1.807, 2.05) is 0 Å². The summed E-state index contributed by atoms with van der Waals surface area (Å²) in [5.74, 6) is -0.931. The fourth-order valence-corrected chi connectivity index (χ4v) is 1.25. The first-order valence-corrected chi connectivity index (χ1v) is 4.91. The molecule has 0 aromatic heterocycles. The predicted molar refractivity (Wildman–Crippen MR) is 56.0 cm³/mol. The second-order valence-electron chi connectivity index (χ2n) is 3.42. The van der Waals surface area contributed by atoms with Crippen LogP contribution < -0.4 is 10.1 Å². The number of para-hydroxylation sites is 1. The van der Waals surface area contributed by atoms with Crippen molar-refractivity contribution < 1.29 is 22.7 Å². The lowest BCUT2D eigenvalue weighted by Gasteiger charge is -2.14. The Labute approximate surface area is 96.6 Å². The van der Waals surface area contributed by atoms with E-state index in [2.05, 4.69) is 10.1 Å². The number of benzene rings is 1. The van der Waals surface area contributed by atoms with E-state index in [0.717, 1.165) is 6.07 Å². The molecule has 0 saturated carbocycles. The number of carbonyl (C=O) groups is 1. The smallest absolute Gasteiger partial charge is 0.405 e. The van der Waals surface area contributed by atoms with E-state index in [1.54, 1.807) is 14.0 Å². The molecule has 0 fully saturated rings. The molecule has 0 radical (unpaired) electrons. The van der Waals surface area contributed by atoms with Gasteiger partial charge in [0, 0.05) is 0 Å². The Morgan fingerprint density at radius 2 is 1.94 bits per heavy atom. The third kappa shape index (κ3) is 3.74. The van der Waals surface area contributed by atoms with Gasteiger partial charge in [-0.3, -0.25) is 4.79 Å². The molecular formula is C11H12F3NO2. The number of ketones is 1. The Morgan fingerprint density at radius 3 is 2.47 bits per heavy atom. The van der Waals surface area contributed by atoms with Crippen molar-refractivity contribution >= 4 is 5.78 Å². The van der Waals surface area contributed by atoms with Gasteiger partial charge in [-0.1, -0.05) is 12.1 Å². The lowest BCUT2D eigenvalue weighted by molar-refractivity contribution is -0.274. The monoisotopic (exact) mass is 247 g/mol. The van der Waals surface area contributed by atoms with Crippen LogP contribution in [0.4, 0.5) is 13.2 Å². The molecule has 1 aromatic carbocycles. The number of nitrogens with one attached hydrogen (secondary N) is 1. The van der Waals surface area contributed by atoms with Crippen LogP contribution >= 0.6 is 0 Å². The summed E-state index contributed by atoms with van der Waals surface area (Å²) in [6, 6.07) is 4.70. The van der Waals surface area contributed by atoms with E-state index < -0.39 is 23.9 Å². The van der Waals surface area contributed by atoms with E-state index in [9.17, 15) is 18.0 Å². The zero-order valence-corrected chi connectivity index (χ0v) is 9.34. The minimum atomic E-state index is -4.81. The number of ether oxygens (including phenoxy) is 1. The van der Waals surface area contributed by atoms with Crippen molar-refractivity contribution in [2.24, 2.45) is 0 Å². The number of carbonyl (C=O) groups excluding carboxylic acids is 1. The fourth-order valence-electron chi connectivity index (χ4n) is 1.25. The maximum Gasteiger partial charge on any atom is 0.573 e. The van der Waals surface area contributed by atoms with Crippen molar-refractivity contribution in [3.8, 4) is 5.75 Å². The molecule has 0 saturated heterocycles. The summed E-state index contributed by atoms with van der Waals surface area (Å²) in [4.78, 5) is 11.8. The SMILES string of the molecule is CNC(C)C(=O)c1ccccc1OC(F)(F)F. The molecule has 0 aliphatic rings. The summed E-state index contributed by atoms with van der Waals surface area (Å²) >= 11 is 0. The molecule has 0 aliphatic heterocycles. The van der Waals surface area contributed by atoms with Crippen LogP contribution in [-0.2, 0) is 0 Å². The van der Waals surface area contributed by atoms with Crippen LogP contribution in [0.25, 0.3) is 0 Å². The van der Waals surface area contributed by atoms with Crippen LogP contribution in [0.2, 0.25) is 0 Å². The largest absolute Gasteiger partial charge is 0.573 e. The number of likely N-dealkylation sites (N-methyl/N-ethyl adjacent to an activating group) is 1. The zero-order chi connectivity index (χ0) is 13.1. The summed E-state index contributed by atoms with van der Waals surface area (Å²) in [5, 5.41) is 2.67. The number of alkyl halides is 3. The lowest BCUT2D eigenvalue weighted by Crippen LogP contribution is -2.31. The Morgan fingerprint density at radius 1 is 1.35 bits per heavy atom. The highest BCUT2D eigenvalue weighted by atomic mass is 19.4. The van der Waals surface area contributed by atoms with Gasteiger partial charge in [0.1, 0.15) is 5.75 Å². The third-order valence-electron chi connectivity index (χ3n) is 2.20. The molecule has 0 aliphatic carbocycles. The van der Waals surface area contributed by atoms with Crippen LogP contribution in [0.1, 0.15) is 17.3 Å². The maximum atomic E-state index is 12.1. The highest BCUT2D eigenvalue weighted by Crippen LogP contribution is 2.26. The van der Waals surface area contributed by atoms with Gasteiger partial charge in [0.15, 0.2) is 5.78 Å². The molecule has 17 heavy (non-hydrogen) atoms. The van der Waals surface area contributed by atoms with Gasteiger partial charge >= 0.3 is 6.36 Å². The van der Waals surface area contributed by atoms with E-state index in [1.165, 1.54) is 18.2 Å². The fraction of sp³-hybridized carbons (Fsp3) is 0.364. The highest BCUT2D eigenvalue weighted by molar-refractivity contribution is 6.02. The summed E-state index contributed by atoms with van der Waals surface area (Å²) in [6.07, 6.45) is -4.81. The van der Waals surface area contributed by atoms with Crippen LogP contribution in [0.5, 0.6) is 5.75 Å². The summed E-state index contributed by atoms with van der Waals surface area (Å²) in [6.45, 7) is 1.56. The molecule has 3 nitrogen and oxygen atoms in total. The van der Waals surface area contributed by atoms with Crippen LogP contribution in [0, 0.1) is 0 Å². The van der Waals surface area contributed by atoms with E-state index in [0.29, 0.717) is 0 Å². The second kappa shape index (κ2) is 5.18. The van der Waals surface area contributed by atoms with E-state index >= 15 is 0 Å². The maximum absolute atomic E-state index is 12.1. The van der Waals surface area contributed by atoms with Gasteiger partial charge in [0.2, 0.25) is 0 Å². The number of hydrogen-bond acceptors (Lipinski definition) is 3. The van der Waals surface area contributed by atoms with Crippen LogP contribution in [0.15, 0.2) is 24.3 Å². The number of Topliss-reactive ketones (excluding diaryl/α,β-unsaturated/α-hetero) is 1. The standard InChI is InChI=1S/C11H12F3NO2/c1-7(15-2)10(16)8-5-3-4-6-9(8)17-11(12,13)14/h3-7,15H,1-2H3. The summed E-state index contributed by atoms with van der Waals surface area (Å²) in [5.41, 5.74) is -0.0910. The first kappa shape index (κ1) is 13.5. The molecule has 0 amide bonds. The Balaban J connectivity index is 3.04. The Hall–Kier alpha value is -1.56. The van der Waals surface area contributed by atoms with Gasteiger partial charge < -0.3 is 10.1 Å². The average Bonchev–Trinajstić information content (AvgIpc) is 2.25. The summed E-state index contributed by atoms with van der Waals surface area (Å²) in [7, 11) is 1.55. The van der Waals surface area contributed by atoms with E-state index in [4.69, 9.17) is 0 Å². The van der Waals surface area contributed by atoms with Gasteiger partial charge in [0.25, 0.3) is 0 Å². The van der Waals surface area contributed by atoms with Crippen LogP contribution in [0.3, 0.4) is 0 Å². The zero-order valence-electron chi connectivity index (χ0n) is 9.34. The minimum Gasteiger partial charge on any atom is -0.405 e. The van der Waals surface area contributed by atoms with Crippen LogP contribution in [-0.4, -0.2) is 25.2 Å². The molecule has 1 unspecified atom stereocenters.